The topological polar surface area (TPSA) is 45.2 Å². The summed E-state index contributed by atoms with van der Waals surface area (Å²) in [5.74, 6) is 0.295. The summed E-state index contributed by atoms with van der Waals surface area (Å²) in [5.41, 5.74) is -0.776. The van der Waals surface area contributed by atoms with Crippen LogP contribution in [0, 0.1) is 5.92 Å². The summed E-state index contributed by atoms with van der Waals surface area (Å²) in [6.45, 7) is 2.18. The predicted octanol–water partition coefficient (Wildman–Crippen LogP) is 3.02. The van der Waals surface area contributed by atoms with Gasteiger partial charge >= 0.3 is 6.18 Å². The number of nitrogens with one attached hydrogen (secondary N) is 1. The summed E-state index contributed by atoms with van der Waals surface area (Å²) in [6.07, 6.45) is -1.67. The summed E-state index contributed by atoms with van der Waals surface area (Å²) in [7, 11) is 1.89. The highest BCUT2D eigenvalue weighted by molar-refractivity contribution is 5.94. The molecule has 0 atom stereocenters. The molecular formula is C14H20Cl2F3N3O. The molecule has 23 heavy (non-hydrogen) atoms. The van der Waals surface area contributed by atoms with Crippen molar-refractivity contribution < 1.29 is 18.0 Å². The van der Waals surface area contributed by atoms with Crippen molar-refractivity contribution in [2.75, 3.05) is 26.7 Å². The monoisotopic (exact) mass is 373 g/mol. The van der Waals surface area contributed by atoms with E-state index in [-0.39, 0.29) is 36.3 Å². The molecule has 0 spiro atoms. The normalized spacial score (nSPS) is 15.6. The Morgan fingerprint density at radius 1 is 1.30 bits per heavy atom. The molecule has 1 amide bonds. The van der Waals surface area contributed by atoms with Crippen LogP contribution in [-0.2, 0) is 6.18 Å². The van der Waals surface area contributed by atoms with E-state index in [0.29, 0.717) is 19.0 Å². The van der Waals surface area contributed by atoms with Gasteiger partial charge in [-0.1, -0.05) is 0 Å². The van der Waals surface area contributed by atoms with Gasteiger partial charge in [0, 0.05) is 19.3 Å². The van der Waals surface area contributed by atoms with Crippen LogP contribution in [0.5, 0.6) is 0 Å². The Kier molecular flexibility index (Phi) is 8.87. The lowest BCUT2D eigenvalue weighted by Crippen LogP contribution is -2.40. The largest absolute Gasteiger partial charge is 0.433 e. The van der Waals surface area contributed by atoms with Crippen LogP contribution in [0.1, 0.15) is 28.9 Å². The van der Waals surface area contributed by atoms with Gasteiger partial charge < -0.3 is 10.2 Å². The van der Waals surface area contributed by atoms with Crippen molar-refractivity contribution >= 4 is 30.7 Å². The molecular weight excluding hydrogens is 354 g/mol. The second-order valence-electron chi connectivity index (χ2n) is 5.22. The van der Waals surface area contributed by atoms with Crippen LogP contribution >= 0.6 is 24.8 Å². The number of alkyl halides is 3. The number of piperidine rings is 1. The molecule has 0 saturated carbocycles. The maximum Gasteiger partial charge on any atom is 0.433 e. The zero-order chi connectivity index (χ0) is 15.5. The Bertz CT molecular complexity index is 489. The fourth-order valence-electron chi connectivity index (χ4n) is 2.50. The lowest BCUT2D eigenvalue weighted by Gasteiger charge is -2.32. The Hall–Kier alpha value is -1.05. The number of pyridine rings is 1. The molecule has 0 bridgehead atoms. The third-order valence-electron chi connectivity index (χ3n) is 3.70. The highest BCUT2D eigenvalue weighted by Gasteiger charge is 2.32. The summed E-state index contributed by atoms with van der Waals surface area (Å²) < 4.78 is 37.3. The number of aromatic nitrogens is 1. The molecule has 2 rings (SSSR count). The first-order valence-electron chi connectivity index (χ1n) is 6.89. The van der Waals surface area contributed by atoms with Gasteiger partial charge in [-0.3, -0.25) is 9.78 Å². The second kappa shape index (κ2) is 9.30. The molecule has 1 fully saturated rings. The number of hydrogen-bond donors (Lipinski definition) is 1. The predicted molar refractivity (Wildman–Crippen MR) is 86.3 cm³/mol. The van der Waals surface area contributed by atoms with E-state index in [1.165, 1.54) is 6.07 Å². The van der Waals surface area contributed by atoms with E-state index in [4.69, 9.17) is 0 Å². The molecule has 0 aliphatic carbocycles. The Labute approximate surface area is 145 Å². The number of halogens is 5. The number of nitrogens with zero attached hydrogens (tertiary/aromatic N) is 2. The maximum absolute atomic E-state index is 12.4. The lowest BCUT2D eigenvalue weighted by molar-refractivity contribution is -0.141. The average Bonchev–Trinajstić information content (AvgIpc) is 2.47. The quantitative estimate of drug-likeness (QED) is 0.885. The van der Waals surface area contributed by atoms with Gasteiger partial charge in [0.2, 0.25) is 0 Å². The van der Waals surface area contributed by atoms with Gasteiger partial charge in [-0.15, -0.1) is 24.8 Å². The molecule has 1 aromatic heterocycles. The SMILES string of the molecule is CNCC1CCN(C(=O)c2ccc(C(F)(F)F)nc2)CC1.Cl.Cl. The van der Waals surface area contributed by atoms with Gasteiger partial charge in [0.25, 0.3) is 5.91 Å². The Morgan fingerprint density at radius 3 is 2.35 bits per heavy atom. The number of hydrogen-bond acceptors (Lipinski definition) is 3. The number of rotatable bonds is 3. The van der Waals surface area contributed by atoms with Crippen LogP contribution < -0.4 is 5.32 Å². The standard InChI is InChI=1S/C14H18F3N3O.2ClH/c1-18-8-10-4-6-20(7-5-10)13(21)11-2-3-12(19-9-11)14(15,16)17;;/h2-3,9-10,18H,4-8H2,1H3;2*1H. The highest BCUT2D eigenvalue weighted by Crippen LogP contribution is 2.27. The van der Waals surface area contributed by atoms with Crippen LogP contribution in [-0.4, -0.2) is 42.5 Å². The van der Waals surface area contributed by atoms with E-state index < -0.39 is 11.9 Å². The van der Waals surface area contributed by atoms with Gasteiger partial charge in [0.15, 0.2) is 0 Å². The molecule has 1 aliphatic rings. The van der Waals surface area contributed by atoms with Crippen molar-refractivity contribution in [3.05, 3.63) is 29.6 Å². The van der Waals surface area contributed by atoms with Gasteiger partial charge in [-0.25, -0.2) is 0 Å². The van der Waals surface area contributed by atoms with Crippen LogP contribution in [0.25, 0.3) is 0 Å². The second-order valence-corrected chi connectivity index (χ2v) is 5.22. The Balaban J connectivity index is 0.00000242. The fraction of sp³-hybridized carbons (Fsp3) is 0.571. The molecule has 0 radical (unpaired) electrons. The Morgan fingerprint density at radius 2 is 1.91 bits per heavy atom. The lowest BCUT2D eigenvalue weighted by atomic mass is 9.96. The number of carbonyl (C=O) groups excluding carboxylic acids is 1. The summed E-state index contributed by atoms with van der Waals surface area (Å²) in [4.78, 5) is 17.2. The van der Waals surface area contributed by atoms with Gasteiger partial charge in [0.05, 0.1) is 5.56 Å². The van der Waals surface area contributed by atoms with Crippen molar-refractivity contribution in [1.82, 2.24) is 15.2 Å². The first kappa shape index (κ1) is 21.9. The van der Waals surface area contributed by atoms with Gasteiger partial charge in [0.1, 0.15) is 5.69 Å². The fourth-order valence-corrected chi connectivity index (χ4v) is 2.50. The zero-order valence-electron chi connectivity index (χ0n) is 12.6. The number of likely N-dealkylation sites (tertiary alicyclic amines) is 1. The van der Waals surface area contributed by atoms with Crippen molar-refractivity contribution in [1.29, 1.82) is 0 Å². The molecule has 0 unspecified atom stereocenters. The minimum absolute atomic E-state index is 0. The van der Waals surface area contributed by atoms with Crippen LogP contribution in [0.15, 0.2) is 18.3 Å². The van der Waals surface area contributed by atoms with E-state index in [1.807, 2.05) is 7.05 Å². The zero-order valence-corrected chi connectivity index (χ0v) is 14.2. The van der Waals surface area contributed by atoms with Gasteiger partial charge in [-0.2, -0.15) is 13.2 Å². The molecule has 0 aromatic carbocycles. The maximum atomic E-state index is 12.4. The van der Waals surface area contributed by atoms with E-state index in [1.54, 1.807) is 4.90 Å². The van der Waals surface area contributed by atoms with Crippen LogP contribution in [0.4, 0.5) is 13.2 Å². The molecule has 1 saturated heterocycles. The first-order chi connectivity index (χ1) is 9.91. The van der Waals surface area contributed by atoms with Crippen molar-refractivity contribution in [2.24, 2.45) is 5.92 Å². The van der Waals surface area contributed by atoms with E-state index in [0.717, 1.165) is 31.6 Å². The van der Waals surface area contributed by atoms with E-state index in [9.17, 15) is 18.0 Å². The molecule has 9 heteroatoms. The van der Waals surface area contributed by atoms with Crippen molar-refractivity contribution in [3.63, 3.8) is 0 Å². The summed E-state index contributed by atoms with van der Waals surface area (Å²) in [5, 5.41) is 3.11. The van der Waals surface area contributed by atoms with Crippen LogP contribution in [0.2, 0.25) is 0 Å². The van der Waals surface area contributed by atoms with Crippen molar-refractivity contribution in [2.45, 2.75) is 19.0 Å². The molecule has 132 valence electrons. The highest BCUT2D eigenvalue weighted by atomic mass is 35.5. The molecule has 1 aliphatic heterocycles. The van der Waals surface area contributed by atoms with E-state index in [2.05, 4.69) is 10.3 Å². The first-order valence-corrected chi connectivity index (χ1v) is 6.89. The third-order valence-corrected chi connectivity index (χ3v) is 3.70. The average molecular weight is 374 g/mol. The number of carbonyl (C=O) groups is 1. The molecule has 2 heterocycles. The molecule has 1 N–H and O–H groups in total. The minimum Gasteiger partial charge on any atom is -0.339 e. The molecule has 1 aromatic rings. The van der Waals surface area contributed by atoms with Crippen LogP contribution in [0.3, 0.4) is 0 Å². The molecule has 4 nitrogen and oxygen atoms in total. The minimum atomic E-state index is -4.48. The smallest absolute Gasteiger partial charge is 0.339 e. The van der Waals surface area contributed by atoms with E-state index >= 15 is 0 Å². The van der Waals surface area contributed by atoms with Crippen molar-refractivity contribution in [3.8, 4) is 0 Å². The summed E-state index contributed by atoms with van der Waals surface area (Å²) >= 11 is 0. The summed E-state index contributed by atoms with van der Waals surface area (Å²) in [6, 6.07) is 2.04. The number of amides is 1. The van der Waals surface area contributed by atoms with Gasteiger partial charge in [-0.05, 0) is 44.5 Å². The third kappa shape index (κ3) is 5.82.